The van der Waals surface area contributed by atoms with Crippen molar-refractivity contribution in [1.29, 1.82) is 0 Å². The van der Waals surface area contributed by atoms with Gasteiger partial charge in [-0.1, -0.05) is 17.3 Å². The lowest BCUT2D eigenvalue weighted by Gasteiger charge is -2.12. The first-order valence-electron chi connectivity index (χ1n) is 9.94. The Hall–Kier alpha value is -3.12. The number of rotatable bonds is 6. The number of hydrogen-bond acceptors (Lipinski definition) is 4. The minimum Gasteiger partial charge on any atom is -0.392 e. The Morgan fingerprint density at radius 3 is 2.72 bits per heavy atom. The van der Waals surface area contributed by atoms with Crippen LogP contribution < -0.4 is 5.32 Å². The fourth-order valence-corrected chi connectivity index (χ4v) is 4.34. The van der Waals surface area contributed by atoms with Crippen molar-refractivity contribution in [3.05, 3.63) is 47.3 Å². The lowest BCUT2D eigenvalue weighted by molar-refractivity contribution is -0.105. The number of aryl methyl sites for hydroxylation is 2. The summed E-state index contributed by atoms with van der Waals surface area (Å²) in [5.74, 6) is 1.42. The van der Waals surface area contributed by atoms with E-state index in [1.807, 2.05) is 26.0 Å². The van der Waals surface area contributed by atoms with Crippen LogP contribution >= 0.6 is 0 Å². The van der Waals surface area contributed by atoms with E-state index >= 15 is 0 Å². The van der Waals surface area contributed by atoms with Gasteiger partial charge in [-0.2, -0.15) is 0 Å². The van der Waals surface area contributed by atoms with E-state index < -0.39 is 0 Å². The quantitative estimate of drug-likeness (QED) is 0.475. The summed E-state index contributed by atoms with van der Waals surface area (Å²) in [5.41, 5.74) is 6.50. The number of nitrogens with one attached hydrogen (secondary N) is 1. The van der Waals surface area contributed by atoms with Crippen LogP contribution in [0.4, 0.5) is 5.69 Å². The van der Waals surface area contributed by atoms with Crippen LogP contribution in [0, 0.1) is 19.8 Å². The van der Waals surface area contributed by atoms with E-state index in [1.54, 1.807) is 0 Å². The maximum atomic E-state index is 11.4. The van der Waals surface area contributed by atoms with Gasteiger partial charge in [0.1, 0.15) is 5.76 Å². The molecule has 2 aromatic heterocycles. The Morgan fingerprint density at radius 1 is 1.24 bits per heavy atom. The number of hydrogen-bond donors (Lipinski definition) is 2. The molecule has 0 bridgehead atoms. The molecule has 2 aromatic carbocycles. The molecular formula is C23H23N3O3. The number of aliphatic hydroxyl groups excluding tert-OH is 1. The highest BCUT2D eigenvalue weighted by atomic mass is 16.5. The Kier molecular flexibility index (Phi) is 4.17. The molecule has 0 unspecified atom stereocenters. The minimum atomic E-state index is 0.00463. The van der Waals surface area contributed by atoms with Crippen LogP contribution in [0.15, 0.2) is 34.9 Å². The van der Waals surface area contributed by atoms with E-state index in [1.165, 1.54) is 12.8 Å². The smallest absolute Gasteiger partial charge is 0.211 e. The number of anilines is 1. The van der Waals surface area contributed by atoms with Gasteiger partial charge in [0.25, 0.3) is 0 Å². The highest BCUT2D eigenvalue weighted by Gasteiger charge is 2.25. The molecular weight excluding hydrogens is 366 g/mol. The number of fused-ring (bicyclic) bond motifs is 3. The number of amides is 1. The first-order valence-corrected chi connectivity index (χ1v) is 9.94. The van der Waals surface area contributed by atoms with Crippen molar-refractivity contribution < 1.29 is 14.4 Å². The van der Waals surface area contributed by atoms with Crippen molar-refractivity contribution in [1.82, 2.24) is 9.72 Å². The summed E-state index contributed by atoms with van der Waals surface area (Å²) in [6.45, 7) is 4.74. The molecule has 5 rings (SSSR count). The third kappa shape index (κ3) is 2.91. The molecule has 0 spiro atoms. The van der Waals surface area contributed by atoms with Crippen LogP contribution in [0.5, 0.6) is 0 Å². The van der Waals surface area contributed by atoms with Crippen LogP contribution in [0.2, 0.25) is 0 Å². The van der Waals surface area contributed by atoms with Crippen LogP contribution in [0.25, 0.3) is 32.9 Å². The van der Waals surface area contributed by atoms with Gasteiger partial charge in [-0.05, 0) is 61.9 Å². The zero-order chi connectivity index (χ0) is 20.1. The molecule has 148 valence electrons. The Bertz CT molecular complexity index is 1230. The van der Waals surface area contributed by atoms with Gasteiger partial charge in [0.05, 0.1) is 23.5 Å². The SMILES string of the molecule is Cc1noc(C)c1-c1cc(NC=O)c2c(c1)c1ccc(CO)cc1n2CC1CC1. The number of carbonyl (C=O) groups excluding carboxylic acids is 1. The molecule has 6 nitrogen and oxygen atoms in total. The second-order valence-electron chi connectivity index (χ2n) is 7.94. The van der Waals surface area contributed by atoms with Gasteiger partial charge in [-0.25, -0.2) is 0 Å². The van der Waals surface area contributed by atoms with E-state index in [0.29, 0.717) is 5.92 Å². The number of aliphatic hydroxyl groups is 1. The summed E-state index contributed by atoms with van der Waals surface area (Å²) in [4.78, 5) is 11.4. The summed E-state index contributed by atoms with van der Waals surface area (Å²) in [7, 11) is 0. The minimum absolute atomic E-state index is 0.00463. The second kappa shape index (κ2) is 6.74. The molecule has 0 radical (unpaired) electrons. The van der Waals surface area contributed by atoms with E-state index in [-0.39, 0.29) is 6.61 Å². The fraction of sp³-hybridized carbons (Fsp3) is 0.304. The van der Waals surface area contributed by atoms with Crippen LogP contribution in [0.3, 0.4) is 0 Å². The maximum absolute atomic E-state index is 11.4. The number of benzene rings is 2. The normalized spacial score (nSPS) is 14.0. The van der Waals surface area contributed by atoms with Crippen molar-refractivity contribution in [2.24, 2.45) is 5.92 Å². The summed E-state index contributed by atoms with van der Waals surface area (Å²) < 4.78 is 7.67. The average Bonchev–Trinajstić information content (AvgIpc) is 3.41. The molecule has 0 saturated heterocycles. The first-order chi connectivity index (χ1) is 14.1. The highest BCUT2D eigenvalue weighted by Crippen LogP contribution is 2.41. The van der Waals surface area contributed by atoms with E-state index in [4.69, 9.17) is 4.52 Å². The standard InChI is InChI=1S/C23H23N3O3/c1-13-22(14(2)29-25-13)17-8-19-18-6-5-16(11-27)7-21(18)26(10-15-3-4-15)23(19)20(9-17)24-12-28/h5-9,12,15,27H,3-4,10-11H2,1-2H3,(H,24,28). The van der Waals surface area contributed by atoms with Gasteiger partial charge in [-0.3, -0.25) is 4.79 Å². The monoisotopic (exact) mass is 389 g/mol. The van der Waals surface area contributed by atoms with E-state index in [0.717, 1.165) is 68.6 Å². The van der Waals surface area contributed by atoms with Crippen molar-refractivity contribution >= 4 is 33.9 Å². The van der Waals surface area contributed by atoms with E-state index in [2.05, 4.69) is 33.2 Å². The molecule has 2 N–H and O–H groups in total. The molecule has 6 heteroatoms. The lowest BCUT2D eigenvalue weighted by Crippen LogP contribution is -2.03. The predicted molar refractivity (Wildman–Crippen MR) is 113 cm³/mol. The summed E-state index contributed by atoms with van der Waals surface area (Å²) in [6.07, 6.45) is 3.19. The van der Waals surface area contributed by atoms with Gasteiger partial charge in [0.15, 0.2) is 0 Å². The Labute approximate surface area is 168 Å². The third-order valence-electron chi connectivity index (χ3n) is 5.88. The predicted octanol–water partition coefficient (Wildman–Crippen LogP) is 4.54. The number of carbonyl (C=O) groups is 1. The van der Waals surface area contributed by atoms with Gasteiger partial charge in [0, 0.05) is 28.4 Å². The molecule has 1 aliphatic rings. The molecule has 1 saturated carbocycles. The average molecular weight is 389 g/mol. The maximum Gasteiger partial charge on any atom is 0.211 e. The van der Waals surface area contributed by atoms with Gasteiger partial charge >= 0.3 is 0 Å². The highest BCUT2D eigenvalue weighted by molar-refractivity contribution is 6.14. The van der Waals surface area contributed by atoms with Crippen LogP contribution in [0.1, 0.15) is 29.9 Å². The zero-order valence-electron chi connectivity index (χ0n) is 16.5. The Balaban J connectivity index is 1.86. The third-order valence-corrected chi connectivity index (χ3v) is 5.88. The molecule has 1 aliphatic carbocycles. The number of nitrogens with zero attached hydrogens (tertiary/aromatic N) is 2. The van der Waals surface area contributed by atoms with Crippen molar-refractivity contribution in [3.63, 3.8) is 0 Å². The fourth-order valence-electron chi connectivity index (χ4n) is 4.34. The van der Waals surface area contributed by atoms with Crippen LogP contribution in [-0.4, -0.2) is 21.2 Å². The van der Waals surface area contributed by atoms with Gasteiger partial charge < -0.3 is 19.5 Å². The van der Waals surface area contributed by atoms with Gasteiger partial charge in [-0.15, -0.1) is 0 Å². The molecule has 0 aliphatic heterocycles. The molecule has 2 heterocycles. The van der Waals surface area contributed by atoms with Gasteiger partial charge in [0.2, 0.25) is 6.41 Å². The first kappa shape index (κ1) is 17.9. The summed E-state index contributed by atoms with van der Waals surface area (Å²) in [5, 5.41) is 18.8. The summed E-state index contributed by atoms with van der Waals surface area (Å²) in [6, 6.07) is 10.2. The Morgan fingerprint density at radius 2 is 2.07 bits per heavy atom. The second-order valence-corrected chi connectivity index (χ2v) is 7.94. The summed E-state index contributed by atoms with van der Waals surface area (Å²) >= 11 is 0. The lowest BCUT2D eigenvalue weighted by atomic mass is 10.00. The molecule has 1 amide bonds. The molecule has 1 fully saturated rings. The largest absolute Gasteiger partial charge is 0.392 e. The van der Waals surface area contributed by atoms with E-state index in [9.17, 15) is 9.90 Å². The zero-order valence-corrected chi connectivity index (χ0v) is 16.5. The van der Waals surface area contributed by atoms with Crippen LogP contribution in [-0.2, 0) is 17.9 Å². The number of aromatic nitrogens is 2. The topological polar surface area (TPSA) is 80.3 Å². The molecule has 29 heavy (non-hydrogen) atoms. The van der Waals surface area contributed by atoms with Crippen molar-refractivity contribution in [2.75, 3.05) is 5.32 Å². The molecule has 0 atom stereocenters. The van der Waals surface area contributed by atoms with Crippen molar-refractivity contribution in [3.8, 4) is 11.1 Å². The molecule has 4 aromatic rings. The van der Waals surface area contributed by atoms with Crippen molar-refractivity contribution in [2.45, 2.75) is 39.8 Å².